The lowest BCUT2D eigenvalue weighted by Crippen LogP contribution is -2.37. The molecule has 0 bridgehead atoms. The van der Waals surface area contributed by atoms with Crippen molar-refractivity contribution in [3.63, 3.8) is 0 Å². The van der Waals surface area contributed by atoms with E-state index in [0.717, 1.165) is 17.2 Å². The molecular weight excluding hydrogens is 429 g/mol. The van der Waals surface area contributed by atoms with E-state index < -0.39 is 22.8 Å². The van der Waals surface area contributed by atoms with Crippen LogP contribution in [0.3, 0.4) is 0 Å². The number of fused-ring (bicyclic) bond motifs is 1. The summed E-state index contributed by atoms with van der Waals surface area (Å²) in [6, 6.07) is 16.7. The maximum Gasteiger partial charge on any atom is 0.338 e. The van der Waals surface area contributed by atoms with Crippen LogP contribution in [0.25, 0.3) is 0 Å². The standard InChI is InChI=1S/C26H23ClFNO3/c1-25(2,3)15-5-7-16(8-6-15)26(4)20-13-17(27)9-12-22(20)29(24(26)32)18-10-11-21(28)19(14-18)23(30)31/h5-14H,1-4H3,(H,30,31)/t26-/m0/s1. The van der Waals surface area contributed by atoms with Gasteiger partial charge in [-0.05, 0) is 65.4 Å². The van der Waals surface area contributed by atoms with Gasteiger partial charge in [0.15, 0.2) is 0 Å². The largest absolute Gasteiger partial charge is 0.478 e. The summed E-state index contributed by atoms with van der Waals surface area (Å²) < 4.78 is 14.0. The van der Waals surface area contributed by atoms with Gasteiger partial charge in [0.05, 0.1) is 16.7 Å². The molecule has 1 heterocycles. The Bertz CT molecular complexity index is 1250. The second-order valence-electron chi connectivity index (χ2n) is 9.22. The van der Waals surface area contributed by atoms with Gasteiger partial charge < -0.3 is 5.11 Å². The lowest BCUT2D eigenvalue weighted by molar-refractivity contribution is -0.120. The van der Waals surface area contributed by atoms with Crippen molar-refractivity contribution < 1.29 is 19.1 Å². The van der Waals surface area contributed by atoms with Gasteiger partial charge in [-0.25, -0.2) is 9.18 Å². The van der Waals surface area contributed by atoms with E-state index in [-0.39, 0.29) is 17.0 Å². The highest BCUT2D eigenvalue weighted by Gasteiger charge is 2.49. The van der Waals surface area contributed by atoms with Gasteiger partial charge in [-0.15, -0.1) is 0 Å². The fourth-order valence-electron chi connectivity index (χ4n) is 4.21. The zero-order chi connectivity index (χ0) is 23.4. The summed E-state index contributed by atoms with van der Waals surface area (Å²) in [6.07, 6.45) is 0. The quantitative estimate of drug-likeness (QED) is 0.497. The van der Waals surface area contributed by atoms with Gasteiger partial charge in [0.1, 0.15) is 5.82 Å². The van der Waals surface area contributed by atoms with Crippen molar-refractivity contribution in [2.24, 2.45) is 0 Å². The molecule has 32 heavy (non-hydrogen) atoms. The maximum atomic E-state index is 14.0. The monoisotopic (exact) mass is 451 g/mol. The molecule has 3 aromatic carbocycles. The molecule has 6 heteroatoms. The van der Waals surface area contributed by atoms with E-state index in [4.69, 9.17) is 11.6 Å². The second-order valence-corrected chi connectivity index (χ2v) is 9.66. The van der Waals surface area contributed by atoms with Crippen LogP contribution in [-0.2, 0) is 15.6 Å². The molecule has 1 aliphatic heterocycles. The molecule has 0 saturated heterocycles. The summed E-state index contributed by atoms with van der Waals surface area (Å²) in [6.45, 7) is 8.19. The van der Waals surface area contributed by atoms with Crippen LogP contribution in [0.5, 0.6) is 0 Å². The van der Waals surface area contributed by atoms with Gasteiger partial charge in [0, 0.05) is 10.7 Å². The number of carboxylic acid groups (broad SMARTS) is 1. The summed E-state index contributed by atoms with van der Waals surface area (Å²) in [5.41, 5.74) is 1.94. The number of hydrogen-bond acceptors (Lipinski definition) is 2. The lowest BCUT2D eigenvalue weighted by atomic mass is 9.76. The highest BCUT2D eigenvalue weighted by molar-refractivity contribution is 6.31. The van der Waals surface area contributed by atoms with Crippen molar-refractivity contribution in [2.75, 3.05) is 4.90 Å². The smallest absolute Gasteiger partial charge is 0.338 e. The summed E-state index contributed by atoms with van der Waals surface area (Å²) in [4.78, 5) is 26.8. The molecule has 0 saturated carbocycles. The summed E-state index contributed by atoms with van der Waals surface area (Å²) in [5.74, 6) is -2.51. The Morgan fingerprint density at radius 3 is 2.28 bits per heavy atom. The molecule has 0 radical (unpaired) electrons. The normalized spacial score (nSPS) is 18.1. The third-order valence-electron chi connectivity index (χ3n) is 6.14. The third kappa shape index (κ3) is 3.37. The Labute approximate surface area is 191 Å². The Balaban J connectivity index is 1.90. The van der Waals surface area contributed by atoms with E-state index in [9.17, 15) is 19.1 Å². The van der Waals surface area contributed by atoms with E-state index in [1.807, 2.05) is 31.2 Å². The molecule has 4 rings (SSSR count). The van der Waals surface area contributed by atoms with Crippen LogP contribution in [0.15, 0.2) is 60.7 Å². The van der Waals surface area contributed by atoms with E-state index >= 15 is 0 Å². The maximum absolute atomic E-state index is 14.0. The summed E-state index contributed by atoms with van der Waals surface area (Å²) >= 11 is 6.30. The molecule has 1 atom stereocenters. The number of anilines is 2. The van der Waals surface area contributed by atoms with Gasteiger partial charge in [0.2, 0.25) is 5.91 Å². The molecule has 1 amide bonds. The lowest BCUT2D eigenvalue weighted by Gasteiger charge is -2.27. The SMILES string of the molecule is CC(C)(C)c1ccc([C@]2(C)C(=O)N(c3ccc(F)c(C(=O)O)c3)c3ccc(Cl)cc32)cc1. The fourth-order valence-corrected chi connectivity index (χ4v) is 4.38. The first-order valence-electron chi connectivity index (χ1n) is 10.2. The number of carbonyl (C=O) groups is 2. The van der Waals surface area contributed by atoms with E-state index in [0.29, 0.717) is 16.3 Å². The van der Waals surface area contributed by atoms with Crippen LogP contribution in [0.1, 0.15) is 54.7 Å². The number of aromatic carboxylic acids is 1. The number of carboxylic acids is 1. The predicted molar refractivity (Wildman–Crippen MR) is 124 cm³/mol. The zero-order valence-corrected chi connectivity index (χ0v) is 19.0. The van der Waals surface area contributed by atoms with Crippen LogP contribution >= 0.6 is 11.6 Å². The van der Waals surface area contributed by atoms with Crippen molar-refractivity contribution in [1.29, 1.82) is 0 Å². The van der Waals surface area contributed by atoms with Crippen LogP contribution < -0.4 is 4.90 Å². The molecule has 0 aliphatic carbocycles. The molecule has 1 aliphatic rings. The van der Waals surface area contributed by atoms with Crippen LogP contribution in [0.4, 0.5) is 15.8 Å². The number of rotatable bonds is 3. The minimum atomic E-state index is -1.40. The van der Waals surface area contributed by atoms with Gasteiger partial charge in [-0.2, -0.15) is 0 Å². The second kappa shape index (κ2) is 7.45. The van der Waals surface area contributed by atoms with Gasteiger partial charge in [-0.1, -0.05) is 56.6 Å². The van der Waals surface area contributed by atoms with E-state index in [1.54, 1.807) is 18.2 Å². The number of benzene rings is 3. The number of hydrogen-bond donors (Lipinski definition) is 1. The molecule has 3 aromatic rings. The van der Waals surface area contributed by atoms with Gasteiger partial charge >= 0.3 is 5.97 Å². The Hall–Kier alpha value is -3.18. The van der Waals surface area contributed by atoms with Crippen LogP contribution in [-0.4, -0.2) is 17.0 Å². The zero-order valence-electron chi connectivity index (χ0n) is 18.2. The van der Waals surface area contributed by atoms with Gasteiger partial charge in [-0.3, -0.25) is 9.69 Å². The average molecular weight is 452 g/mol. The molecule has 0 aromatic heterocycles. The minimum Gasteiger partial charge on any atom is -0.478 e. The first-order chi connectivity index (χ1) is 14.9. The highest BCUT2D eigenvalue weighted by atomic mass is 35.5. The van der Waals surface area contributed by atoms with Crippen molar-refractivity contribution in [3.8, 4) is 0 Å². The van der Waals surface area contributed by atoms with Crippen LogP contribution in [0.2, 0.25) is 5.02 Å². The van der Waals surface area contributed by atoms with E-state index in [2.05, 4.69) is 20.8 Å². The van der Waals surface area contributed by atoms with Crippen molar-refractivity contribution >= 4 is 34.9 Å². The number of amides is 1. The first-order valence-corrected chi connectivity index (χ1v) is 10.6. The summed E-state index contributed by atoms with van der Waals surface area (Å²) in [7, 11) is 0. The molecule has 0 spiro atoms. The molecule has 4 nitrogen and oxygen atoms in total. The van der Waals surface area contributed by atoms with Crippen molar-refractivity contribution in [1.82, 2.24) is 0 Å². The fraction of sp³-hybridized carbons (Fsp3) is 0.231. The minimum absolute atomic E-state index is 0.0340. The molecular formula is C26H23ClFNO3. The Morgan fingerprint density at radius 2 is 1.69 bits per heavy atom. The van der Waals surface area contributed by atoms with Crippen LogP contribution in [0, 0.1) is 5.82 Å². The Kier molecular flexibility index (Phi) is 5.13. The third-order valence-corrected chi connectivity index (χ3v) is 6.37. The molecule has 164 valence electrons. The molecule has 0 fully saturated rings. The topological polar surface area (TPSA) is 57.6 Å². The number of halogens is 2. The highest BCUT2D eigenvalue weighted by Crippen LogP contribution is 2.50. The van der Waals surface area contributed by atoms with Crippen molar-refractivity contribution in [2.45, 2.75) is 38.5 Å². The summed E-state index contributed by atoms with van der Waals surface area (Å²) in [5, 5.41) is 9.83. The van der Waals surface area contributed by atoms with Gasteiger partial charge in [0.25, 0.3) is 0 Å². The molecule has 1 N–H and O–H groups in total. The van der Waals surface area contributed by atoms with Crippen molar-refractivity contribution in [3.05, 3.63) is 93.8 Å². The number of carbonyl (C=O) groups excluding carboxylic acids is 1. The first kappa shape index (κ1) is 22.0. The average Bonchev–Trinajstić information content (AvgIpc) is 2.95. The number of nitrogens with zero attached hydrogens (tertiary/aromatic N) is 1. The Morgan fingerprint density at radius 1 is 1.03 bits per heavy atom. The van der Waals surface area contributed by atoms with E-state index in [1.165, 1.54) is 17.0 Å². The molecule has 0 unspecified atom stereocenters. The predicted octanol–water partition coefficient (Wildman–Crippen LogP) is 6.46.